The summed E-state index contributed by atoms with van der Waals surface area (Å²) in [6, 6.07) is 0. The molecule has 1 rings (SSSR count). The van der Waals surface area contributed by atoms with Crippen LogP contribution in [-0.2, 0) is 4.74 Å². The Hall–Kier alpha value is -0.120. The van der Waals surface area contributed by atoms with Crippen molar-refractivity contribution in [1.82, 2.24) is 0 Å². The van der Waals surface area contributed by atoms with E-state index in [0.29, 0.717) is 0 Å². The molecule has 2 unspecified atom stereocenters. The molecule has 8 heavy (non-hydrogen) atoms. The van der Waals surface area contributed by atoms with Crippen LogP contribution in [-0.4, -0.2) is 35.1 Å². The van der Waals surface area contributed by atoms with E-state index in [1.165, 1.54) is 0 Å². The van der Waals surface area contributed by atoms with E-state index in [2.05, 4.69) is 0 Å². The molecule has 1 aliphatic rings. The van der Waals surface area contributed by atoms with Gasteiger partial charge in [-0.05, 0) is 6.92 Å². The lowest BCUT2D eigenvalue weighted by Crippen LogP contribution is -2.16. The summed E-state index contributed by atoms with van der Waals surface area (Å²) in [5, 5.41) is 17.0. The molecule has 0 saturated carbocycles. The quantitative estimate of drug-likeness (QED) is 0.463. The SMILES string of the molecule is CC1(CO)OC1CO. The van der Waals surface area contributed by atoms with Crippen LogP contribution in [0.25, 0.3) is 0 Å². The van der Waals surface area contributed by atoms with Gasteiger partial charge in [0.1, 0.15) is 11.7 Å². The largest absolute Gasteiger partial charge is 0.394 e. The highest BCUT2D eigenvalue weighted by molar-refractivity contribution is 4.97. The third-order valence-electron chi connectivity index (χ3n) is 1.52. The number of ether oxygens (including phenoxy) is 1. The summed E-state index contributed by atoms with van der Waals surface area (Å²) < 4.78 is 4.90. The molecule has 0 aliphatic carbocycles. The Morgan fingerprint density at radius 2 is 2.25 bits per heavy atom. The van der Waals surface area contributed by atoms with Gasteiger partial charge >= 0.3 is 0 Å². The highest BCUT2D eigenvalue weighted by Crippen LogP contribution is 2.34. The van der Waals surface area contributed by atoms with Crippen molar-refractivity contribution in [2.45, 2.75) is 18.6 Å². The van der Waals surface area contributed by atoms with E-state index in [1.54, 1.807) is 6.92 Å². The molecule has 0 aromatic heterocycles. The van der Waals surface area contributed by atoms with Crippen molar-refractivity contribution in [3.05, 3.63) is 0 Å². The molecule has 2 atom stereocenters. The van der Waals surface area contributed by atoms with Gasteiger partial charge in [0.25, 0.3) is 0 Å². The third kappa shape index (κ3) is 0.727. The summed E-state index contributed by atoms with van der Waals surface area (Å²) in [7, 11) is 0. The Morgan fingerprint density at radius 3 is 2.38 bits per heavy atom. The summed E-state index contributed by atoms with van der Waals surface area (Å²) in [6.45, 7) is 1.78. The van der Waals surface area contributed by atoms with E-state index >= 15 is 0 Å². The topological polar surface area (TPSA) is 53.0 Å². The first kappa shape index (κ1) is 6.01. The summed E-state index contributed by atoms with van der Waals surface area (Å²) >= 11 is 0. The molecule has 0 radical (unpaired) electrons. The minimum absolute atomic E-state index is 0.00176. The fraction of sp³-hybridized carbons (Fsp3) is 1.00. The Balaban J connectivity index is 2.31. The van der Waals surface area contributed by atoms with Gasteiger partial charge in [0.2, 0.25) is 0 Å². The van der Waals surface area contributed by atoms with Crippen molar-refractivity contribution in [2.75, 3.05) is 13.2 Å². The van der Waals surface area contributed by atoms with Crippen molar-refractivity contribution in [3.8, 4) is 0 Å². The summed E-state index contributed by atoms with van der Waals surface area (Å²) in [6.07, 6.45) is -0.132. The minimum Gasteiger partial charge on any atom is -0.394 e. The van der Waals surface area contributed by atoms with Crippen molar-refractivity contribution in [2.24, 2.45) is 0 Å². The first-order valence-corrected chi connectivity index (χ1v) is 2.62. The van der Waals surface area contributed by atoms with Gasteiger partial charge in [0.05, 0.1) is 13.2 Å². The zero-order valence-electron chi connectivity index (χ0n) is 4.79. The van der Waals surface area contributed by atoms with Gasteiger partial charge in [-0.1, -0.05) is 0 Å². The molecular formula is C5H10O3. The highest BCUT2D eigenvalue weighted by atomic mass is 16.6. The fourth-order valence-electron chi connectivity index (χ4n) is 0.660. The maximum Gasteiger partial charge on any atom is 0.117 e. The zero-order valence-corrected chi connectivity index (χ0v) is 4.79. The Morgan fingerprint density at radius 1 is 1.62 bits per heavy atom. The number of epoxide rings is 1. The van der Waals surface area contributed by atoms with E-state index in [9.17, 15) is 0 Å². The summed E-state index contributed by atoms with van der Waals surface area (Å²) in [5.41, 5.74) is -0.436. The smallest absolute Gasteiger partial charge is 0.117 e. The molecule has 1 aliphatic heterocycles. The van der Waals surface area contributed by atoms with E-state index in [0.717, 1.165) is 0 Å². The van der Waals surface area contributed by atoms with E-state index in [1.807, 2.05) is 0 Å². The van der Waals surface area contributed by atoms with Gasteiger partial charge in [-0.25, -0.2) is 0 Å². The van der Waals surface area contributed by atoms with Crippen LogP contribution in [0.1, 0.15) is 6.92 Å². The fourth-order valence-corrected chi connectivity index (χ4v) is 0.660. The van der Waals surface area contributed by atoms with Crippen LogP contribution in [0.2, 0.25) is 0 Å². The van der Waals surface area contributed by atoms with Gasteiger partial charge in [-0.2, -0.15) is 0 Å². The normalized spacial score (nSPS) is 44.6. The van der Waals surface area contributed by atoms with Crippen molar-refractivity contribution in [3.63, 3.8) is 0 Å². The van der Waals surface area contributed by atoms with Crippen LogP contribution in [0.3, 0.4) is 0 Å². The standard InChI is InChI=1S/C5H10O3/c1-5(3-7)4(2-6)8-5/h4,6-7H,2-3H2,1H3. The maximum atomic E-state index is 8.53. The molecule has 0 aromatic carbocycles. The molecule has 2 N–H and O–H groups in total. The first-order chi connectivity index (χ1) is 3.73. The number of hydrogen-bond acceptors (Lipinski definition) is 3. The zero-order chi connectivity index (χ0) is 6.20. The summed E-state index contributed by atoms with van der Waals surface area (Å²) in [5.74, 6) is 0. The van der Waals surface area contributed by atoms with Gasteiger partial charge in [-0.15, -0.1) is 0 Å². The van der Waals surface area contributed by atoms with Gasteiger partial charge in [-0.3, -0.25) is 0 Å². The predicted octanol–water partition coefficient (Wildman–Crippen LogP) is -0.872. The third-order valence-corrected chi connectivity index (χ3v) is 1.52. The van der Waals surface area contributed by atoms with Crippen molar-refractivity contribution < 1.29 is 14.9 Å². The Kier molecular flexibility index (Phi) is 1.27. The summed E-state index contributed by atoms with van der Waals surface area (Å²) in [4.78, 5) is 0. The number of rotatable bonds is 2. The minimum atomic E-state index is -0.436. The van der Waals surface area contributed by atoms with E-state index in [4.69, 9.17) is 14.9 Å². The number of aliphatic hydroxyl groups excluding tert-OH is 2. The van der Waals surface area contributed by atoms with E-state index in [-0.39, 0.29) is 19.3 Å². The second kappa shape index (κ2) is 1.69. The molecule has 3 nitrogen and oxygen atoms in total. The van der Waals surface area contributed by atoms with Crippen molar-refractivity contribution in [1.29, 1.82) is 0 Å². The maximum absolute atomic E-state index is 8.53. The Bertz CT molecular complexity index is 93.7. The average Bonchev–Trinajstić information content (AvgIpc) is 2.44. The molecular weight excluding hydrogens is 108 g/mol. The molecule has 0 amide bonds. The van der Waals surface area contributed by atoms with Crippen molar-refractivity contribution >= 4 is 0 Å². The molecule has 1 fully saturated rings. The van der Waals surface area contributed by atoms with Crippen LogP contribution in [0.5, 0.6) is 0 Å². The number of aliphatic hydroxyl groups is 2. The van der Waals surface area contributed by atoms with Crippen LogP contribution in [0.15, 0.2) is 0 Å². The molecule has 3 heteroatoms. The lowest BCUT2D eigenvalue weighted by atomic mass is 10.1. The highest BCUT2D eigenvalue weighted by Gasteiger charge is 2.51. The van der Waals surface area contributed by atoms with Gasteiger partial charge in [0, 0.05) is 0 Å². The van der Waals surface area contributed by atoms with Crippen LogP contribution >= 0.6 is 0 Å². The molecule has 0 bridgehead atoms. The molecule has 1 saturated heterocycles. The van der Waals surface area contributed by atoms with E-state index < -0.39 is 5.60 Å². The predicted molar refractivity (Wildman–Crippen MR) is 27.4 cm³/mol. The second-order valence-electron chi connectivity index (χ2n) is 2.26. The Labute approximate surface area is 47.9 Å². The average molecular weight is 118 g/mol. The van der Waals surface area contributed by atoms with Gasteiger partial charge < -0.3 is 14.9 Å². The van der Waals surface area contributed by atoms with Crippen LogP contribution < -0.4 is 0 Å². The number of hydrogen-bond donors (Lipinski definition) is 2. The molecule has 1 heterocycles. The molecule has 0 spiro atoms. The second-order valence-corrected chi connectivity index (χ2v) is 2.26. The van der Waals surface area contributed by atoms with Crippen LogP contribution in [0.4, 0.5) is 0 Å². The first-order valence-electron chi connectivity index (χ1n) is 2.62. The van der Waals surface area contributed by atoms with Gasteiger partial charge in [0.15, 0.2) is 0 Å². The van der Waals surface area contributed by atoms with Crippen LogP contribution in [0, 0.1) is 0 Å². The monoisotopic (exact) mass is 118 g/mol. The molecule has 0 aromatic rings. The molecule has 48 valence electrons. The lowest BCUT2D eigenvalue weighted by Gasteiger charge is -1.95. The lowest BCUT2D eigenvalue weighted by molar-refractivity contribution is 0.182.